The van der Waals surface area contributed by atoms with Crippen LogP contribution in [0.4, 0.5) is 5.69 Å². The number of hydrogen-bond donors (Lipinski definition) is 2. The SMILES string of the molecule is N#CC(C#N)=CNc1ccc(Cl)c(C(=O)O)c1Cl. The van der Waals surface area contributed by atoms with Gasteiger partial charge in [-0.2, -0.15) is 10.5 Å². The van der Waals surface area contributed by atoms with E-state index in [1.165, 1.54) is 12.1 Å². The second-order valence-corrected chi connectivity index (χ2v) is 3.80. The molecule has 0 atom stereocenters. The number of allylic oxidation sites excluding steroid dienone is 1. The predicted octanol–water partition coefficient (Wildman–Crippen LogP) is 3.03. The number of carbonyl (C=O) groups is 1. The second-order valence-electron chi connectivity index (χ2n) is 3.02. The first-order chi connectivity index (χ1) is 8.51. The number of rotatable bonds is 3. The Balaban J connectivity index is 3.19. The number of benzene rings is 1. The van der Waals surface area contributed by atoms with Gasteiger partial charge in [-0.25, -0.2) is 4.79 Å². The van der Waals surface area contributed by atoms with Crippen molar-refractivity contribution in [3.05, 3.63) is 39.5 Å². The van der Waals surface area contributed by atoms with E-state index in [1.54, 1.807) is 12.1 Å². The van der Waals surface area contributed by atoms with Gasteiger partial charge in [0.2, 0.25) is 0 Å². The molecule has 5 nitrogen and oxygen atoms in total. The van der Waals surface area contributed by atoms with Gasteiger partial charge in [-0.1, -0.05) is 23.2 Å². The van der Waals surface area contributed by atoms with Crippen molar-refractivity contribution in [1.29, 1.82) is 10.5 Å². The molecule has 0 fully saturated rings. The van der Waals surface area contributed by atoms with Crippen LogP contribution in [0.3, 0.4) is 0 Å². The van der Waals surface area contributed by atoms with Crippen LogP contribution in [0.1, 0.15) is 10.4 Å². The maximum atomic E-state index is 10.9. The van der Waals surface area contributed by atoms with E-state index in [-0.39, 0.29) is 26.9 Å². The molecule has 0 saturated carbocycles. The fourth-order valence-electron chi connectivity index (χ4n) is 1.10. The van der Waals surface area contributed by atoms with E-state index in [1.807, 2.05) is 0 Å². The Hall–Kier alpha value is -2.21. The van der Waals surface area contributed by atoms with E-state index in [9.17, 15) is 4.79 Å². The molecule has 18 heavy (non-hydrogen) atoms. The van der Waals surface area contributed by atoms with Gasteiger partial charge in [-0.15, -0.1) is 0 Å². The fourth-order valence-corrected chi connectivity index (χ4v) is 1.69. The van der Waals surface area contributed by atoms with Gasteiger partial charge in [-0.3, -0.25) is 0 Å². The average molecular weight is 282 g/mol. The minimum atomic E-state index is -1.27. The molecular formula is C11H5Cl2N3O2. The topological polar surface area (TPSA) is 96.9 Å². The van der Waals surface area contributed by atoms with Crippen molar-refractivity contribution < 1.29 is 9.90 Å². The zero-order valence-corrected chi connectivity index (χ0v) is 10.2. The molecule has 1 aromatic carbocycles. The van der Waals surface area contributed by atoms with Crippen LogP contribution in [0, 0.1) is 22.7 Å². The second kappa shape index (κ2) is 5.92. The minimum Gasteiger partial charge on any atom is -0.478 e. The lowest BCUT2D eigenvalue weighted by Gasteiger charge is -2.08. The normalized spacial score (nSPS) is 8.89. The molecule has 2 N–H and O–H groups in total. The van der Waals surface area contributed by atoms with Gasteiger partial charge in [-0.05, 0) is 12.1 Å². The third-order valence-corrected chi connectivity index (χ3v) is 2.63. The molecule has 0 aliphatic rings. The first-order valence-electron chi connectivity index (χ1n) is 4.49. The highest BCUT2D eigenvalue weighted by Crippen LogP contribution is 2.31. The molecular weight excluding hydrogens is 277 g/mol. The number of anilines is 1. The molecule has 0 unspecified atom stereocenters. The van der Waals surface area contributed by atoms with Gasteiger partial charge >= 0.3 is 5.97 Å². The summed E-state index contributed by atoms with van der Waals surface area (Å²) in [5, 5.41) is 28.5. The van der Waals surface area contributed by atoms with Crippen LogP contribution in [0.2, 0.25) is 10.0 Å². The van der Waals surface area contributed by atoms with Crippen molar-refractivity contribution in [2.24, 2.45) is 0 Å². The molecule has 7 heteroatoms. The Kier molecular flexibility index (Phi) is 4.56. The van der Waals surface area contributed by atoms with Gasteiger partial charge in [0, 0.05) is 6.20 Å². The van der Waals surface area contributed by atoms with Gasteiger partial charge in [0.1, 0.15) is 17.7 Å². The quantitative estimate of drug-likeness (QED) is 0.830. The van der Waals surface area contributed by atoms with Crippen LogP contribution in [-0.4, -0.2) is 11.1 Å². The minimum absolute atomic E-state index is 0.00261. The summed E-state index contributed by atoms with van der Waals surface area (Å²) in [6.07, 6.45) is 1.13. The predicted molar refractivity (Wildman–Crippen MR) is 66.4 cm³/mol. The lowest BCUT2D eigenvalue weighted by Crippen LogP contribution is -2.01. The molecule has 0 heterocycles. The molecule has 0 saturated heterocycles. The molecule has 0 aliphatic carbocycles. The Morgan fingerprint density at radius 1 is 1.33 bits per heavy atom. The number of carboxylic acid groups (broad SMARTS) is 1. The molecule has 0 radical (unpaired) electrons. The van der Waals surface area contributed by atoms with Gasteiger partial charge in [0.25, 0.3) is 0 Å². The van der Waals surface area contributed by atoms with E-state index in [0.29, 0.717) is 0 Å². The molecule has 1 rings (SSSR count). The maximum Gasteiger partial charge on any atom is 0.338 e. The summed E-state index contributed by atoms with van der Waals surface area (Å²) in [5.41, 5.74) is -0.174. The van der Waals surface area contributed by atoms with Crippen LogP contribution in [0.5, 0.6) is 0 Å². The first kappa shape index (κ1) is 13.9. The lowest BCUT2D eigenvalue weighted by molar-refractivity contribution is 0.0697. The monoisotopic (exact) mass is 281 g/mol. The highest BCUT2D eigenvalue weighted by molar-refractivity contribution is 6.40. The molecule has 0 amide bonds. The fraction of sp³-hybridized carbons (Fsp3) is 0. The summed E-state index contributed by atoms with van der Waals surface area (Å²) < 4.78 is 0. The summed E-state index contributed by atoms with van der Waals surface area (Å²) in [6.45, 7) is 0. The Morgan fingerprint density at radius 3 is 2.44 bits per heavy atom. The Bertz CT molecular complexity index is 596. The van der Waals surface area contributed by atoms with E-state index in [0.717, 1.165) is 6.20 Å². The highest BCUT2D eigenvalue weighted by atomic mass is 35.5. The first-order valence-corrected chi connectivity index (χ1v) is 5.25. The maximum absolute atomic E-state index is 10.9. The molecule has 0 aliphatic heterocycles. The number of aromatic carboxylic acids is 1. The number of hydrogen-bond acceptors (Lipinski definition) is 4. The van der Waals surface area contributed by atoms with Crippen LogP contribution < -0.4 is 5.32 Å². The van der Waals surface area contributed by atoms with E-state index < -0.39 is 5.97 Å². The van der Waals surface area contributed by atoms with Crippen molar-refractivity contribution in [1.82, 2.24) is 0 Å². The highest BCUT2D eigenvalue weighted by Gasteiger charge is 2.16. The van der Waals surface area contributed by atoms with E-state index >= 15 is 0 Å². The third-order valence-electron chi connectivity index (χ3n) is 1.92. The van der Waals surface area contributed by atoms with E-state index in [4.69, 9.17) is 38.8 Å². The lowest BCUT2D eigenvalue weighted by atomic mass is 10.2. The van der Waals surface area contributed by atoms with Gasteiger partial charge in [0.15, 0.2) is 0 Å². The summed E-state index contributed by atoms with van der Waals surface area (Å²) in [5.74, 6) is -1.27. The number of nitrogens with one attached hydrogen (secondary N) is 1. The van der Waals surface area contributed by atoms with Gasteiger partial charge < -0.3 is 10.4 Å². The summed E-state index contributed by atoms with van der Waals surface area (Å²) in [7, 11) is 0. The van der Waals surface area contributed by atoms with Crippen LogP contribution >= 0.6 is 23.2 Å². The molecule has 90 valence electrons. The van der Waals surface area contributed by atoms with Crippen molar-refractivity contribution >= 4 is 34.9 Å². The Morgan fingerprint density at radius 2 is 1.94 bits per heavy atom. The summed E-state index contributed by atoms with van der Waals surface area (Å²) >= 11 is 11.6. The zero-order chi connectivity index (χ0) is 13.7. The van der Waals surface area contributed by atoms with Crippen LogP contribution in [0.25, 0.3) is 0 Å². The molecule has 0 bridgehead atoms. The zero-order valence-electron chi connectivity index (χ0n) is 8.74. The van der Waals surface area contributed by atoms with Crippen LogP contribution in [-0.2, 0) is 0 Å². The molecule has 0 aromatic heterocycles. The van der Waals surface area contributed by atoms with Crippen molar-refractivity contribution in [2.45, 2.75) is 0 Å². The van der Waals surface area contributed by atoms with E-state index in [2.05, 4.69) is 5.32 Å². The third kappa shape index (κ3) is 2.92. The Labute approximate surface area is 112 Å². The average Bonchev–Trinajstić information content (AvgIpc) is 2.32. The molecule has 0 spiro atoms. The van der Waals surface area contributed by atoms with Gasteiger partial charge in [0.05, 0.1) is 21.3 Å². The van der Waals surface area contributed by atoms with Crippen molar-refractivity contribution in [3.63, 3.8) is 0 Å². The van der Waals surface area contributed by atoms with Crippen molar-refractivity contribution in [3.8, 4) is 12.1 Å². The smallest absolute Gasteiger partial charge is 0.338 e. The standard InChI is InChI=1S/C11H5Cl2N3O2/c12-7-1-2-8(10(13)9(7)11(17)18)16-5-6(3-14)4-15/h1-2,5,16H,(H,17,18). The van der Waals surface area contributed by atoms with Crippen molar-refractivity contribution in [2.75, 3.05) is 5.32 Å². The number of nitrogens with zero attached hydrogens (tertiary/aromatic N) is 2. The van der Waals surface area contributed by atoms with Crippen LogP contribution in [0.15, 0.2) is 23.9 Å². The number of carboxylic acids is 1. The largest absolute Gasteiger partial charge is 0.478 e. The number of nitriles is 2. The molecule has 1 aromatic rings. The summed E-state index contributed by atoms with van der Waals surface area (Å²) in [4.78, 5) is 10.9. The summed E-state index contributed by atoms with van der Waals surface area (Å²) in [6, 6.07) is 6.08. The number of halogens is 2.